The lowest BCUT2D eigenvalue weighted by molar-refractivity contribution is 0.0547. The summed E-state index contributed by atoms with van der Waals surface area (Å²) in [5, 5.41) is 6.65. The van der Waals surface area contributed by atoms with E-state index in [1.165, 1.54) is 37.7 Å². The zero-order chi connectivity index (χ0) is 23.1. The van der Waals surface area contributed by atoms with E-state index in [1.807, 2.05) is 6.07 Å². The third kappa shape index (κ3) is 9.11. The van der Waals surface area contributed by atoms with Crippen LogP contribution in [0, 0.1) is 0 Å². The van der Waals surface area contributed by atoms with Crippen molar-refractivity contribution in [2.45, 2.75) is 44.6 Å². The highest BCUT2D eigenvalue weighted by molar-refractivity contribution is 5.44. The van der Waals surface area contributed by atoms with Crippen LogP contribution in [0.5, 0.6) is 0 Å². The highest BCUT2D eigenvalue weighted by Gasteiger charge is 2.21. The Morgan fingerprint density at radius 3 is 2.24 bits per heavy atom. The first kappa shape index (κ1) is 25.1. The summed E-state index contributed by atoms with van der Waals surface area (Å²) >= 11 is 0. The minimum atomic E-state index is 0.475. The van der Waals surface area contributed by atoms with E-state index < -0.39 is 0 Å². The minimum absolute atomic E-state index is 0.475. The number of rotatable bonds is 15. The molecule has 2 aromatic rings. The molecule has 9 heteroatoms. The number of nitrogens with one attached hydrogen (secondary N) is 2. The van der Waals surface area contributed by atoms with Crippen LogP contribution in [-0.2, 0) is 15.9 Å². The van der Waals surface area contributed by atoms with Crippen molar-refractivity contribution >= 4 is 17.8 Å². The van der Waals surface area contributed by atoms with Crippen LogP contribution in [0.25, 0.3) is 0 Å². The van der Waals surface area contributed by atoms with Gasteiger partial charge >= 0.3 is 0 Å². The molecule has 1 aromatic heterocycles. The number of anilines is 3. The molecule has 0 unspecified atom stereocenters. The second-order valence-corrected chi connectivity index (χ2v) is 8.29. The Kier molecular flexibility index (Phi) is 11.1. The number of ether oxygens (including phenoxy) is 2. The van der Waals surface area contributed by atoms with Gasteiger partial charge in [-0.3, -0.25) is 0 Å². The second-order valence-electron chi connectivity index (χ2n) is 8.29. The lowest BCUT2D eigenvalue weighted by Gasteiger charge is -2.31. The first-order valence-corrected chi connectivity index (χ1v) is 12.1. The van der Waals surface area contributed by atoms with E-state index in [0.717, 1.165) is 13.0 Å². The Balaban J connectivity index is 1.56. The molecule has 33 heavy (non-hydrogen) atoms. The van der Waals surface area contributed by atoms with Crippen LogP contribution in [0.2, 0.25) is 0 Å². The van der Waals surface area contributed by atoms with Crippen molar-refractivity contribution in [3.8, 4) is 0 Å². The van der Waals surface area contributed by atoms with E-state index in [4.69, 9.17) is 25.2 Å². The molecule has 0 amide bonds. The van der Waals surface area contributed by atoms with Gasteiger partial charge in [-0.25, -0.2) is 0 Å². The molecule has 182 valence electrons. The fourth-order valence-corrected chi connectivity index (χ4v) is 3.92. The van der Waals surface area contributed by atoms with E-state index in [0.29, 0.717) is 63.4 Å². The van der Waals surface area contributed by atoms with Gasteiger partial charge in [-0.05, 0) is 24.8 Å². The molecule has 1 aliphatic rings. The minimum Gasteiger partial charge on any atom is -0.378 e. The molecule has 0 saturated heterocycles. The van der Waals surface area contributed by atoms with Crippen LogP contribution in [0.3, 0.4) is 0 Å². The average Bonchev–Trinajstić information content (AvgIpc) is 2.86. The van der Waals surface area contributed by atoms with Gasteiger partial charge in [-0.15, -0.1) is 0 Å². The zero-order valence-electron chi connectivity index (χ0n) is 19.8. The van der Waals surface area contributed by atoms with Gasteiger partial charge < -0.3 is 30.7 Å². The predicted octanol–water partition coefficient (Wildman–Crippen LogP) is 2.70. The van der Waals surface area contributed by atoms with Crippen molar-refractivity contribution < 1.29 is 9.47 Å². The van der Waals surface area contributed by atoms with Gasteiger partial charge in [0.15, 0.2) is 0 Å². The largest absolute Gasteiger partial charge is 0.378 e. The Bertz CT molecular complexity index is 788. The maximum absolute atomic E-state index is 5.59. The number of aromatic nitrogens is 3. The highest BCUT2D eigenvalue weighted by atomic mass is 16.5. The molecule has 1 saturated carbocycles. The maximum atomic E-state index is 5.59. The van der Waals surface area contributed by atoms with Crippen LogP contribution in [0.15, 0.2) is 30.3 Å². The molecule has 4 N–H and O–H groups in total. The number of nitrogens with zero attached hydrogens (tertiary/aromatic N) is 4. The van der Waals surface area contributed by atoms with Crippen LogP contribution >= 0.6 is 0 Å². The van der Waals surface area contributed by atoms with Crippen molar-refractivity contribution in [1.29, 1.82) is 0 Å². The fourth-order valence-electron chi connectivity index (χ4n) is 3.92. The lowest BCUT2D eigenvalue weighted by atomic mass is 9.95. The summed E-state index contributed by atoms with van der Waals surface area (Å²) in [7, 11) is 2.09. The SMILES string of the molecule is CN(c1nc(NCCOCCOCCN)nc(NCCc2ccccc2)n1)C1CCCCC1. The molecule has 1 heterocycles. The molecular formula is C24H39N7O2. The van der Waals surface area contributed by atoms with Crippen molar-refractivity contribution in [1.82, 2.24) is 15.0 Å². The van der Waals surface area contributed by atoms with Gasteiger partial charge in [-0.1, -0.05) is 49.6 Å². The van der Waals surface area contributed by atoms with Gasteiger partial charge in [0.1, 0.15) is 0 Å². The molecule has 0 atom stereocenters. The molecule has 1 aromatic carbocycles. The lowest BCUT2D eigenvalue weighted by Crippen LogP contribution is -2.35. The molecule has 0 bridgehead atoms. The summed E-state index contributed by atoms with van der Waals surface area (Å²) in [6.07, 6.45) is 7.12. The Morgan fingerprint density at radius 2 is 1.55 bits per heavy atom. The van der Waals surface area contributed by atoms with Gasteiger partial charge in [-0.2, -0.15) is 15.0 Å². The van der Waals surface area contributed by atoms with Crippen molar-refractivity contribution in [3.05, 3.63) is 35.9 Å². The van der Waals surface area contributed by atoms with Crippen LogP contribution in [0.4, 0.5) is 17.8 Å². The monoisotopic (exact) mass is 457 g/mol. The average molecular weight is 458 g/mol. The zero-order valence-corrected chi connectivity index (χ0v) is 19.8. The summed E-state index contributed by atoms with van der Waals surface area (Å²) in [5.41, 5.74) is 6.69. The van der Waals surface area contributed by atoms with Gasteiger partial charge in [0.2, 0.25) is 17.8 Å². The molecule has 0 aliphatic heterocycles. The van der Waals surface area contributed by atoms with Crippen LogP contribution in [-0.4, -0.2) is 74.1 Å². The molecule has 3 rings (SSSR count). The normalized spacial score (nSPS) is 14.2. The maximum Gasteiger partial charge on any atom is 0.231 e. The summed E-state index contributed by atoms with van der Waals surface area (Å²) in [4.78, 5) is 16.2. The first-order valence-electron chi connectivity index (χ1n) is 12.1. The number of hydrogen-bond acceptors (Lipinski definition) is 9. The Morgan fingerprint density at radius 1 is 0.879 bits per heavy atom. The molecular weight excluding hydrogens is 418 g/mol. The summed E-state index contributed by atoms with van der Waals surface area (Å²) in [5.74, 6) is 1.86. The number of nitrogens with two attached hydrogens (primary N) is 1. The number of benzene rings is 1. The third-order valence-electron chi connectivity index (χ3n) is 5.76. The highest BCUT2D eigenvalue weighted by Crippen LogP contribution is 2.25. The molecule has 0 spiro atoms. The fraction of sp³-hybridized carbons (Fsp3) is 0.625. The topological polar surface area (TPSA) is 110 Å². The van der Waals surface area contributed by atoms with Crippen LogP contribution in [0.1, 0.15) is 37.7 Å². The Labute approximate surface area is 197 Å². The van der Waals surface area contributed by atoms with Crippen molar-refractivity contribution in [2.24, 2.45) is 5.73 Å². The number of hydrogen-bond donors (Lipinski definition) is 3. The Hall–Kier alpha value is -2.49. The standard InChI is InChI=1S/C24H39N7O2/c1-31(21-10-6-3-7-11-21)24-29-22(26-14-12-20-8-4-2-5-9-20)28-23(30-24)27-15-17-33-19-18-32-16-13-25/h2,4-5,8-9,21H,3,6-7,10-19,25H2,1H3,(H2,26,27,28,29,30). The van der Waals surface area contributed by atoms with E-state index in [1.54, 1.807) is 0 Å². The van der Waals surface area contributed by atoms with E-state index in [2.05, 4.69) is 51.8 Å². The third-order valence-corrected chi connectivity index (χ3v) is 5.76. The smallest absolute Gasteiger partial charge is 0.231 e. The molecule has 0 radical (unpaired) electrons. The quantitative estimate of drug-likeness (QED) is 0.348. The molecule has 1 aliphatic carbocycles. The van der Waals surface area contributed by atoms with Crippen molar-refractivity contribution in [2.75, 3.05) is 68.6 Å². The molecule has 9 nitrogen and oxygen atoms in total. The second kappa shape index (κ2) is 14.6. The van der Waals surface area contributed by atoms with Gasteiger partial charge in [0.25, 0.3) is 0 Å². The summed E-state index contributed by atoms with van der Waals surface area (Å²) < 4.78 is 10.9. The van der Waals surface area contributed by atoms with E-state index >= 15 is 0 Å². The molecule has 1 fully saturated rings. The first-order chi connectivity index (χ1) is 16.3. The van der Waals surface area contributed by atoms with Crippen molar-refractivity contribution in [3.63, 3.8) is 0 Å². The summed E-state index contributed by atoms with van der Waals surface area (Å²) in [6.45, 7) is 4.09. The van der Waals surface area contributed by atoms with Crippen LogP contribution < -0.4 is 21.3 Å². The summed E-state index contributed by atoms with van der Waals surface area (Å²) in [6, 6.07) is 10.9. The van der Waals surface area contributed by atoms with E-state index in [9.17, 15) is 0 Å². The van der Waals surface area contributed by atoms with Gasteiger partial charge in [0, 0.05) is 32.7 Å². The van der Waals surface area contributed by atoms with Gasteiger partial charge in [0.05, 0.1) is 26.4 Å². The predicted molar refractivity (Wildman–Crippen MR) is 133 cm³/mol. The van der Waals surface area contributed by atoms with E-state index in [-0.39, 0.29) is 0 Å².